The van der Waals surface area contributed by atoms with Gasteiger partial charge >= 0.3 is 50.7 Å². The molecule has 0 unspecified atom stereocenters. The van der Waals surface area contributed by atoms with Crippen molar-refractivity contribution in [2.24, 2.45) is 0 Å². The first-order valence-electron chi connectivity index (χ1n) is 0.641. The second-order valence-electron chi connectivity index (χ2n) is 0.303. The van der Waals surface area contributed by atoms with Gasteiger partial charge in [0.25, 0.3) is 0 Å². The molecule has 0 amide bonds. The summed E-state index contributed by atoms with van der Waals surface area (Å²) in [5, 5.41) is 7.41. The van der Waals surface area contributed by atoms with Crippen LogP contribution in [0.4, 0.5) is 0 Å². The van der Waals surface area contributed by atoms with Crippen molar-refractivity contribution in [3.63, 3.8) is 0 Å². The van der Waals surface area contributed by atoms with Gasteiger partial charge in [0.2, 0.25) is 0 Å². The molecule has 0 aliphatic heterocycles. The van der Waals surface area contributed by atoms with Gasteiger partial charge in [-0.05, 0) is 0 Å². The van der Waals surface area contributed by atoms with E-state index in [1.165, 1.54) is 0 Å². The normalized spacial score (nSPS) is 5.75. The van der Waals surface area contributed by atoms with Crippen molar-refractivity contribution in [1.82, 2.24) is 0 Å². The minimum atomic E-state index is -0.0833. The molecule has 4 heteroatoms. The van der Waals surface area contributed by atoms with E-state index in [-0.39, 0.29) is 40.5 Å². The molecular formula is HNO2Pr. The van der Waals surface area contributed by atoms with Crippen LogP contribution in [0.25, 0.3) is 0 Å². The molecule has 4 heavy (non-hydrogen) atoms. The molecule has 0 bridgehead atoms. The van der Waals surface area contributed by atoms with Gasteiger partial charge in [0.1, 0.15) is 0 Å². The summed E-state index contributed by atoms with van der Waals surface area (Å²) < 4.78 is -0.0833. The summed E-state index contributed by atoms with van der Waals surface area (Å²) in [6, 6.07) is 0. The predicted molar refractivity (Wildman–Crippen MR) is 5.41 cm³/mol. The summed E-state index contributed by atoms with van der Waals surface area (Å²) in [5.74, 6) is 0. The van der Waals surface area contributed by atoms with Gasteiger partial charge in [-0.3, -0.25) is 0 Å². The Morgan fingerprint density at radius 2 is 2.00 bits per heavy atom. The van der Waals surface area contributed by atoms with Crippen LogP contribution in [-0.2, 0) is 0 Å². The van der Waals surface area contributed by atoms with Crippen LogP contribution in [0, 0.1) is 44.5 Å². The van der Waals surface area contributed by atoms with Gasteiger partial charge in [0.05, 0.1) is 0 Å². The molecule has 0 rings (SSSR count). The number of rotatable bonds is 0. The van der Waals surface area contributed by atoms with E-state index in [4.69, 9.17) is 10.1 Å². The van der Waals surface area contributed by atoms with Gasteiger partial charge in [0.15, 0.2) is 0 Å². The fourth-order valence-electron chi connectivity index (χ4n) is 0. The summed E-state index contributed by atoms with van der Waals surface area (Å²) in [6.07, 6.45) is 0. The van der Waals surface area contributed by atoms with Gasteiger partial charge in [-0.1, -0.05) is 0 Å². The molecular weight excluding hydrogens is 187 g/mol. The number of hydrogen-bond donors (Lipinski definition) is 1. The Morgan fingerprint density at radius 3 is 2.00 bits per heavy atom. The first-order valence-corrected chi connectivity index (χ1v) is 2.30. The molecule has 0 radical (unpaired) electrons. The van der Waals surface area contributed by atoms with Crippen molar-refractivity contribution in [2.75, 3.05) is 0 Å². The van der Waals surface area contributed by atoms with E-state index in [0.29, 0.717) is 0 Å². The van der Waals surface area contributed by atoms with Crippen molar-refractivity contribution in [3.8, 4) is 0 Å². The summed E-state index contributed by atoms with van der Waals surface area (Å²) >= 11 is 0.0185. The van der Waals surface area contributed by atoms with Gasteiger partial charge in [-0.25, -0.2) is 0 Å². The Labute approximate surface area is 50.2 Å². The SMILES string of the molecule is O=[N+](O)[Pr-]. The van der Waals surface area contributed by atoms with E-state index in [1.54, 1.807) is 0 Å². The summed E-state index contributed by atoms with van der Waals surface area (Å²) in [7, 11) is 0. The van der Waals surface area contributed by atoms with Crippen LogP contribution in [0.3, 0.4) is 0 Å². The van der Waals surface area contributed by atoms with Crippen molar-refractivity contribution in [3.05, 3.63) is 4.91 Å². The zero-order valence-electron chi connectivity index (χ0n) is 1.88. The van der Waals surface area contributed by atoms with Gasteiger partial charge in [-0.15, -0.1) is 0 Å². The number of hydrogen-bond acceptors (Lipinski definition) is 1. The third-order valence-corrected chi connectivity index (χ3v) is 0. The van der Waals surface area contributed by atoms with Gasteiger partial charge in [-0.2, -0.15) is 0 Å². The molecule has 1 N–H and O–H groups in total. The van der Waals surface area contributed by atoms with Crippen LogP contribution in [-0.4, -0.2) is 6.15 Å². The molecule has 0 aromatic heterocycles. The van der Waals surface area contributed by atoms with Crippen LogP contribution in [0.5, 0.6) is 0 Å². The van der Waals surface area contributed by atoms with E-state index < -0.39 is 0 Å². The van der Waals surface area contributed by atoms with Crippen LogP contribution in [0.15, 0.2) is 0 Å². The van der Waals surface area contributed by atoms with E-state index in [2.05, 4.69) is 0 Å². The average molecular weight is 188 g/mol. The van der Waals surface area contributed by atoms with Crippen LogP contribution in [0.2, 0.25) is 0 Å². The molecule has 0 heterocycles. The Morgan fingerprint density at radius 1 is 2.00 bits per heavy atom. The molecule has 3 nitrogen and oxygen atoms in total. The zero-order chi connectivity index (χ0) is 3.58. The van der Waals surface area contributed by atoms with Crippen LogP contribution >= 0.6 is 0 Å². The van der Waals surface area contributed by atoms with E-state index >= 15 is 0 Å². The standard InChI is InChI=1S/HNO2.Pr/c2-1-3;/h(H,2,3);. The quantitative estimate of drug-likeness (QED) is 0.526. The fraction of sp³-hybridized carbons (Fsp3) is 0. The molecule has 0 aromatic rings. The topological polar surface area (TPSA) is 40.3 Å². The summed E-state index contributed by atoms with van der Waals surface area (Å²) in [6.45, 7) is 0. The third kappa shape index (κ3) is 14.7. The molecule has 0 aliphatic rings. The van der Waals surface area contributed by atoms with Crippen molar-refractivity contribution < 1.29 is 45.8 Å². The Bertz CT molecular complexity index is 29.0. The molecule has 21 valence electrons. The van der Waals surface area contributed by atoms with Gasteiger partial charge < -0.3 is 0 Å². The average Bonchev–Trinajstić information content (AvgIpc) is 0.811. The minimum absolute atomic E-state index is 0.0185. The van der Waals surface area contributed by atoms with Crippen molar-refractivity contribution in [2.45, 2.75) is 0 Å². The Hall–Kier alpha value is 0.764. The number of nitrogens with zero attached hydrogens (tertiary/aromatic N) is 1. The maximum absolute atomic E-state index is 8.99. The second kappa shape index (κ2) is 2.03. The monoisotopic (exact) mass is 188 g/mol. The summed E-state index contributed by atoms with van der Waals surface area (Å²) in [4.78, 5) is 8.99. The first-order chi connectivity index (χ1) is 1.73. The van der Waals surface area contributed by atoms with Crippen LogP contribution < -0.4 is 0 Å². The molecule has 0 fully saturated rings. The molecule has 0 saturated heterocycles. The van der Waals surface area contributed by atoms with E-state index in [9.17, 15) is 0 Å². The van der Waals surface area contributed by atoms with Crippen molar-refractivity contribution in [1.29, 1.82) is 0 Å². The Balaban J connectivity index is 2.80. The zero-order valence-corrected chi connectivity index (χ0v) is 5.58. The fourth-order valence-corrected chi connectivity index (χ4v) is 0. The molecule has 0 atom stereocenters. The predicted octanol–water partition coefficient (Wildman–Crippen LogP) is -0.381. The van der Waals surface area contributed by atoms with Crippen molar-refractivity contribution >= 4 is 0 Å². The van der Waals surface area contributed by atoms with E-state index in [1.807, 2.05) is 0 Å². The second-order valence-corrected chi connectivity index (χ2v) is 1.72. The van der Waals surface area contributed by atoms with E-state index in [0.717, 1.165) is 0 Å². The summed E-state index contributed by atoms with van der Waals surface area (Å²) in [5.41, 5.74) is 0. The Kier molecular flexibility index (Phi) is 2.42. The molecule has 0 aromatic carbocycles. The molecule has 0 saturated carbocycles. The first kappa shape index (κ1) is 4.76. The third-order valence-electron chi connectivity index (χ3n) is 0. The van der Waals surface area contributed by atoms with Gasteiger partial charge in [0, 0.05) is 0 Å². The maximum atomic E-state index is 8.99. The molecule has 0 aliphatic carbocycles. The van der Waals surface area contributed by atoms with Crippen LogP contribution in [0.1, 0.15) is 0 Å². The molecule has 0 spiro atoms.